The van der Waals surface area contributed by atoms with Crippen molar-refractivity contribution in [2.75, 3.05) is 0 Å². The van der Waals surface area contributed by atoms with Crippen LogP contribution in [0, 0.1) is 75.9 Å². The molecule has 1 aromatic heterocycles. The minimum Gasteiger partial charge on any atom is -0.297 e. The third-order valence-corrected chi connectivity index (χ3v) is 12.4. The molecule has 4 nitrogen and oxygen atoms in total. The van der Waals surface area contributed by atoms with E-state index in [0.717, 1.165) is 65.7 Å². The fourth-order valence-electron chi connectivity index (χ4n) is 10.6. The molecule has 0 spiro atoms. The smallest absolute Gasteiger partial charge is 0.158 e. The van der Waals surface area contributed by atoms with Crippen molar-refractivity contribution in [1.29, 1.82) is 5.26 Å². The lowest BCUT2D eigenvalue weighted by atomic mass is 9.47. The highest BCUT2D eigenvalue weighted by molar-refractivity contribution is 5.83. The number of rotatable bonds is 4. The summed E-state index contributed by atoms with van der Waals surface area (Å²) in [6.45, 7) is 7.80. The number of nitrogens with zero attached hydrogens (tertiary/aromatic N) is 3. The Morgan fingerprint density at radius 1 is 1.09 bits per heavy atom. The van der Waals surface area contributed by atoms with Crippen LogP contribution in [0.2, 0.25) is 0 Å². The summed E-state index contributed by atoms with van der Waals surface area (Å²) in [6, 6.07) is 2.46. The number of aromatic nitrogens is 2. The van der Waals surface area contributed by atoms with Gasteiger partial charge in [0.1, 0.15) is 0 Å². The van der Waals surface area contributed by atoms with Gasteiger partial charge in [-0.3, -0.25) is 9.48 Å². The Labute approximate surface area is 204 Å². The zero-order chi connectivity index (χ0) is 23.4. The molecule has 0 saturated heterocycles. The average molecular weight is 460 g/mol. The lowest BCUT2D eigenvalue weighted by Crippen LogP contribution is -2.51. The first-order valence-electron chi connectivity index (χ1n) is 14.3. The maximum absolute atomic E-state index is 13.9. The molecule has 0 aromatic carbocycles. The molecule has 182 valence electrons. The van der Waals surface area contributed by atoms with E-state index in [2.05, 4.69) is 31.9 Å². The molecule has 11 atom stereocenters. The van der Waals surface area contributed by atoms with Gasteiger partial charge in [0.15, 0.2) is 5.78 Å². The van der Waals surface area contributed by atoms with Crippen LogP contribution in [-0.4, -0.2) is 15.6 Å². The predicted octanol–water partition coefficient (Wildman–Crippen LogP) is 6.01. The zero-order valence-corrected chi connectivity index (χ0v) is 21.2. The van der Waals surface area contributed by atoms with Gasteiger partial charge in [-0.1, -0.05) is 27.2 Å². The molecule has 0 radical (unpaired) electrons. The van der Waals surface area contributed by atoms with Crippen LogP contribution >= 0.6 is 0 Å². The van der Waals surface area contributed by atoms with Gasteiger partial charge in [0.05, 0.1) is 24.2 Å². The third-order valence-electron chi connectivity index (χ3n) is 12.4. The van der Waals surface area contributed by atoms with Gasteiger partial charge in [0.25, 0.3) is 0 Å². The molecule has 0 aliphatic heterocycles. The Hall–Kier alpha value is -1.63. The standard InChI is InChI=1S/C30H41N3O/c1-17-4-6-21-19(12-17)5-7-23-22(21)8-9-29(3)27(23)25-18(2)26(25)28(29)24(34)15-33-14-20(13-32-33)30(16-31)10-11-30/h13-14,17-19,21-23,25-28H,4-12,15H2,1-3H3/t17-,18-,19+,21-,22?,23+,25+,26-,27?,28-,29-/m0/s1. The summed E-state index contributed by atoms with van der Waals surface area (Å²) < 4.78 is 1.84. The van der Waals surface area contributed by atoms with Gasteiger partial charge < -0.3 is 0 Å². The van der Waals surface area contributed by atoms with Crippen molar-refractivity contribution < 1.29 is 4.79 Å². The molecule has 6 aliphatic carbocycles. The number of nitriles is 1. The van der Waals surface area contributed by atoms with Crippen LogP contribution in [0.3, 0.4) is 0 Å². The highest BCUT2D eigenvalue weighted by atomic mass is 16.1. The minimum absolute atomic E-state index is 0.190. The van der Waals surface area contributed by atoms with E-state index < -0.39 is 0 Å². The molecule has 2 unspecified atom stereocenters. The van der Waals surface area contributed by atoms with E-state index in [4.69, 9.17) is 0 Å². The summed E-state index contributed by atoms with van der Waals surface area (Å²) >= 11 is 0. The van der Waals surface area contributed by atoms with E-state index >= 15 is 0 Å². The van der Waals surface area contributed by atoms with E-state index in [1.54, 1.807) is 0 Å². The van der Waals surface area contributed by atoms with Crippen molar-refractivity contribution in [2.24, 2.45) is 64.6 Å². The molecule has 4 heteroatoms. The number of hydrogen-bond donors (Lipinski definition) is 0. The van der Waals surface area contributed by atoms with Crippen LogP contribution in [0.15, 0.2) is 12.4 Å². The topological polar surface area (TPSA) is 58.7 Å². The van der Waals surface area contributed by atoms with E-state index in [9.17, 15) is 10.1 Å². The fourth-order valence-corrected chi connectivity index (χ4v) is 10.6. The maximum Gasteiger partial charge on any atom is 0.158 e. The second-order valence-electron chi connectivity index (χ2n) is 13.9. The van der Waals surface area contributed by atoms with E-state index in [1.807, 2.05) is 17.1 Å². The van der Waals surface area contributed by atoms with Crippen LogP contribution in [0.25, 0.3) is 0 Å². The molecule has 0 amide bonds. The number of fused-ring (bicyclic) bond motifs is 7. The molecule has 7 rings (SSSR count). The Balaban J connectivity index is 1.12. The van der Waals surface area contributed by atoms with E-state index in [0.29, 0.717) is 18.2 Å². The monoisotopic (exact) mass is 459 g/mol. The van der Waals surface area contributed by atoms with Gasteiger partial charge in [-0.2, -0.15) is 10.4 Å². The number of ketones is 1. The highest BCUT2D eigenvalue weighted by Gasteiger charge is 2.73. The molecule has 0 N–H and O–H groups in total. The molecule has 6 saturated carbocycles. The quantitative estimate of drug-likeness (QED) is 0.554. The van der Waals surface area contributed by atoms with Crippen LogP contribution in [0.1, 0.15) is 84.1 Å². The Morgan fingerprint density at radius 3 is 2.65 bits per heavy atom. The first-order valence-corrected chi connectivity index (χ1v) is 14.3. The lowest BCUT2D eigenvalue weighted by molar-refractivity contribution is -0.135. The van der Waals surface area contributed by atoms with E-state index in [1.165, 1.54) is 44.9 Å². The minimum atomic E-state index is -0.323. The summed E-state index contributed by atoms with van der Waals surface area (Å²) in [7, 11) is 0. The summed E-state index contributed by atoms with van der Waals surface area (Å²) in [5.74, 6) is 8.18. The van der Waals surface area contributed by atoms with Gasteiger partial charge in [-0.05, 0) is 110 Å². The molecule has 1 aromatic rings. The second-order valence-corrected chi connectivity index (χ2v) is 13.9. The van der Waals surface area contributed by atoms with Crippen molar-refractivity contribution in [2.45, 2.75) is 90.5 Å². The average Bonchev–Trinajstić information content (AvgIpc) is 3.64. The van der Waals surface area contributed by atoms with Gasteiger partial charge in [0.2, 0.25) is 0 Å². The zero-order valence-electron chi connectivity index (χ0n) is 21.2. The van der Waals surface area contributed by atoms with Gasteiger partial charge >= 0.3 is 0 Å². The molecular weight excluding hydrogens is 418 g/mol. The second kappa shape index (κ2) is 7.21. The predicted molar refractivity (Wildman–Crippen MR) is 130 cm³/mol. The molecule has 34 heavy (non-hydrogen) atoms. The molecule has 6 fully saturated rings. The fraction of sp³-hybridized carbons (Fsp3) is 0.833. The third kappa shape index (κ3) is 2.88. The lowest BCUT2D eigenvalue weighted by Gasteiger charge is -2.57. The number of carbonyl (C=O) groups is 1. The summed E-state index contributed by atoms with van der Waals surface area (Å²) in [5.41, 5.74) is 0.876. The maximum atomic E-state index is 13.9. The largest absolute Gasteiger partial charge is 0.297 e. The first kappa shape index (κ1) is 21.6. The van der Waals surface area contributed by atoms with Crippen molar-refractivity contribution in [3.63, 3.8) is 0 Å². The Kier molecular flexibility index (Phi) is 4.59. The van der Waals surface area contributed by atoms with Crippen molar-refractivity contribution >= 4 is 5.78 Å². The van der Waals surface area contributed by atoms with Crippen LogP contribution in [0.4, 0.5) is 0 Å². The molecule has 1 heterocycles. The molecule has 6 aliphatic rings. The SMILES string of the molecule is C[C@H]1CC[C@@H]2C3CC[C@@]4(C)C([C@@H]3CC[C@@H]2C1)[C@@H]1[C@H](C)[C@@H]1[C@@H]4C(=O)Cn1cc(C2(C#N)CC2)cn1. The number of hydrogen-bond acceptors (Lipinski definition) is 3. The highest BCUT2D eigenvalue weighted by Crippen LogP contribution is 2.76. The number of Topliss-reactive ketones (excluding diaryl/α,β-unsaturated/α-hetero) is 1. The molecule has 0 bridgehead atoms. The van der Waals surface area contributed by atoms with Gasteiger partial charge in [-0.15, -0.1) is 0 Å². The van der Waals surface area contributed by atoms with Crippen LogP contribution in [-0.2, 0) is 16.8 Å². The summed E-state index contributed by atoms with van der Waals surface area (Å²) in [4.78, 5) is 13.9. The first-order chi connectivity index (χ1) is 16.4. The summed E-state index contributed by atoms with van der Waals surface area (Å²) in [6.07, 6.45) is 15.5. The Morgan fingerprint density at radius 2 is 1.88 bits per heavy atom. The van der Waals surface area contributed by atoms with Crippen molar-refractivity contribution in [1.82, 2.24) is 9.78 Å². The normalized spacial score (nSPS) is 49.7. The number of carbonyl (C=O) groups excluding carboxylic acids is 1. The van der Waals surface area contributed by atoms with Gasteiger partial charge in [-0.25, -0.2) is 0 Å². The van der Waals surface area contributed by atoms with Crippen molar-refractivity contribution in [3.05, 3.63) is 18.0 Å². The van der Waals surface area contributed by atoms with Crippen LogP contribution < -0.4 is 0 Å². The van der Waals surface area contributed by atoms with Gasteiger partial charge in [0, 0.05) is 17.7 Å². The van der Waals surface area contributed by atoms with Crippen molar-refractivity contribution in [3.8, 4) is 6.07 Å². The van der Waals surface area contributed by atoms with E-state index in [-0.39, 0.29) is 16.7 Å². The van der Waals surface area contributed by atoms with Crippen LogP contribution in [0.5, 0.6) is 0 Å². The Bertz CT molecular complexity index is 1050. The summed E-state index contributed by atoms with van der Waals surface area (Å²) in [5, 5.41) is 14.1. The molecular formula is C30H41N3O.